The molecular formula is C7H7N2Se+. The van der Waals surface area contributed by atoms with Crippen molar-refractivity contribution in [2.24, 2.45) is 0 Å². The van der Waals surface area contributed by atoms with E-state index in [4.69, 9.17) is 5.39 Å². The van der Waals surface area contributed by atoms with Crippen LogP contribution in [0.1, 0.15) is 0 Å². The van der Waals surface area contributed by atoms with Gasteiger partial charge in [-0.1, -0.05) is 0 Å². The minimum absolute atomic E-state index is 0.536. The molecule has 0 unspecified atom stereocenters. The van der Waals surface area contributed by atoms with Crippen LogP contribution in [0.25, 0.3) is 4.98 Å². The Bertz CT molecular complexity index is 247. The van der Waals surface area contributed by atoms with Crippen LogP contribution in [0.15, 0.2) is 24.3 Å². The summed E-state index contributed by atoms with van der Waals surface area (Å²) in [6.45, 7) is 0. The van der Waals surface area contributed by atoms with Gasteiger partial charge in [0, 0.05) is 0 Å². The zero-order valence-electron chi connectivity index (χ0n) is 5.61. The molecule has 0 fully saturated rings. The van der Waals surface area contributed by atoms with Gasteiger partial charge in [-0.2, -0.15) is 0 Å². The van der Waals surface area contributed by atoms with Crippen LogP contribution >= 0.6 is 0 Å². The van der Waals surface area contributed by atoms with Crippen LogP contribution in [0.2, 0.25) is 5.82 Å². The first kappa shape index (κ1) is 7.27. The molecule has 0 atom stereocenters. The summed E-state index contributed by atoms with van der Waals surface area (Å²) in [5.74, 6) is 2.15. The second kappa shape index (κ2) is 3.36. The molecule has 0 aliphatic rings. The van der Waals surface area contributed by atoms with Crippen molar-refractivity contribution >= 4 is 25.1 Å². The molecule has 0 saturated heterocycles. The molecule has 1 aromatic rings. The third-order valence-corrected chi connectivity index (χ3v) is 2.75. The van der Waals surface area contributed by atoms with Crippen molar-refractivity contribution in [3.8, 4) is 0 Å². The summed E-state index contributed by atoms with van der Waals surface area (Å²) in [7, 11) is 0. The van der Waals surface area contributed by atoms with Gasteiger partial charge in [0.1, 0.15) is 0 Å². The van der Waals surface area contributed by atoms with Crippen LogP contribution in [0.3, 0.4) is 0 Å². The van der Waals surface area contributed by atoms with Gasteiger partial charge in [-0.05, 0) is 0 Å². The summed E-state index contributed by atoms with van der Waals surface area (Å²) in [5, 5.41) is 8.33. The predicted octanol–water partition coefficient (Wildman–Crippen LogP) is 1.55. The summed E-state index contributed by atoms with van der Waals surface area (Å²) in [6, 6.07) is 7.57. The van der Waals surface area contributed by atoms with Gasteiger partial charge in [-0.3, -0.25) is 0 Å². The number of nitrogens with zero attached hydrogens (tertiary/aromatic N) is 2. The molecule has 0 spiro atoms. The average molecular weight is 198 g/mol. The zero-order chi connectivity index (χ0) is 7.40. The monoisotopic (exact) mass is 199 g/mol. The first-order chi connectivity index (χ1) is 4.86. The van der Waals surface area contributed by atoms with E-state index in [1.54, 1.807) is 12.1 Å². The predicted molar refractivity (Wildman–Crippen MR) is 42.4 cm³/mol. The molecule has 0 heterocycles. The number of hydrogen-bond donors (Lipinski definition) is 0. The molecule has 1 rings (SSSR count). The van der Waals surface area contributed by atoms with Gasteiger partial charge in [0.2, 0.25) is 0 Å². The number of diazo groups is 1. The summed E-state index contributed by atoms with van der Waals surface area (Å²) in [4.78, 5) is 3.05. The standard InChI is InChI=1S/C7H7N2Se/c1-10-7-4-2-6(9-8)3-5-7/h2-5H,1H3/q+1. The van der Waals surface area contributed by atoms with Crippen molar-refractivity contribution in [3.05, 3.63) is 29.2 Å². The van der Waals surface area contributed by atoms with Gasteiger partial charge in [-0.15, -0.1) is 0 Å². The van der Waals surface area contributed by atoms with Gasteiger partial charge < -0.3 is 0 Å². The second-order valence-corrected chi connectivity index (χ2v) is 3.64. The van der Waals surface area contributed by atoms with Crippen molar-refractivity contribution in [3.63, 3.8) is 0 Å². The van der Waals surface area contributed by atoms with E-state index < -0.39 is 0 Å². The third-order valence-electron chi connectivity index (χ3n) is 1.19. The first-order valence-electron chi connectivity index (χ1n) is 2.86. The topological polar surface area (TPSA) is 28.1 Å². The van der Waals surface area contributed by atoms with Crippen LogP contribution in [-0.4, -0.2) is 15.0 Å². The summed E-state index contributed by atoms with van der Waals surface area (Å²) < 4.78 is 1.32. The molecular weight excluding hydrogens is 191 g/mol. The van der Waals surface area contributed by atoms with Crippen LogP contribution in [0.5, 0.6) is 0 Å². The molecule has 10 heavy (non-hydrogen) atoms. The minimum atomic E-state index is 0.536. The van der Waals surface area contributed by atoms with Gasteiger partial charge in [0.25, 0.3) is 0 Å². The van der Waals surface area contributed by atoms with Crippen LogP contribution < -0.4 is 4.46 Å². The molecule has 0 aliphatic heterocycles. The van der Waals surface area contributed by atoms with Gasteiger partial charge in [0.15, 0.2) is 0 Å². The molecule has 0 aliphatic carbocycles. The molecule has 0 radical (unpaired) electrons. The summed E-state index contributed by atoms with van der Waals surface area (Å²) in [5.41, 5.74) is 0.619. The Balaban J connectivity index is 2.93. The van der Waals surface area contributed by atoms with Gasteiger partial charge in [0.05, 0.1) is 0 Å². The molecule has 0 amide bonds. The Morgan fingerprint density at radius 1 is 1.30 bits per heavy atom. The molecule has 2 nitrogen and oxygen atoms in total. The maximum absolute atomic E-state index is 8.33. The van der Waals surface area contributed by atoms with Gasteiger partial charge >= 0.3 is 65.6 Å². The van der Waals surface area contributed by atoms with Crippen molar-refractivity contribution in [1.29, 1.82) is 5.39 Å². The SMILES string of the molecule is C[Se]c1ccc([N+]#N)cc1. The fourth-order valence-electron chi connectivity index (χ4n) is 0.649. The normalized spacial score (nSPS) is 8.80. The van der Waals surface area contributed by atoms with E-state index in [2.05, 4.69) is 10.8 Å². The van der Waals surface area contributed by atoms with Crippen LogP contribution in [0, 0.1) is 5.39 Å². The maximum atomic E-state index is 8.33. The van der Waals surface area contributed by atoms with Crippen molar-refractivity contribution in [2.45, 2.75) is 5.82 Å². The fraction of sp³-hybridized carbons (Fsp3) is 0.143. The molecule has 0 aromatic heterocycles. The van der Waals surface area contributed by atoms with Crippen molar-refractivity contribution < 1.29 is 0 Å². The Labute approximate surface area is 66.0 Å². The Hall–Kier alpha value is -0.841. The Kier molecular flexibility index (Phi) is 2.44. The van der Waals surface area contributed by atoms with E-state index in [0.29, 0.717) is 20.6 Å². The van der Waals surface area contributed by atoms with Crippen molar-refractivity contribution in [2.75, 3.05) is 0 Å². The summed E-state index contributed by atoms with van der Waals surface area (Å²) in [6.07, 6.45) is 0. The van der Waals surface area contributed by atoms with Gasteiger partial charge in [-0.25, -0.2) is 0 Å². The molecule has 3 heteroatoms. The molecule has 0 saturated carbocycles. The van der Waals surface area contributed by atoms with E-state index in [1.165, 1.54) is 4.46 Å². The Morgan fingerprint density at radius 2 is 1.90 bits per heavy atom. The van der Waals surface area contributed by atoms with E-state index in [9.17, 15) is 0 Å². The quantitative estimate of drug-likeness (QED) is 0.497. The average Bonchev–Trinajstić information content (AvgIpc) is 2.05. The van der Waals surface area contributed by atoms with E-state index >= 15 is 0 Å². The molecule has 50 valence electrons. The zero-order valence-corrected chi connectivity index (χ0v) is 7.33. The van der Waals surface area contributed by atoms with Crippen LogP contribution in [0.4, 0.5) is 5.69 Å². The molecule has 0 N–H and O–H groups in total. The number of benzene rings is 1. The Morgan fingerprint density at radius 3 is 2.30 bits per heavy atom. The summed E-state index contributed by atoms with van der Waals surface area (Å²) >= 11 is 0.536. The number of rotatable bonds is 1. The number of hydrogen-bond acceptors (Lipinski definition) is 1. The molecule has 0 bridgehead atoms. The second-order valence-electron chi connectivity index (χ2n) is 1.80. The van der Waals surface area contributed by atoms with Crippen LogP contribution in [-0.2, 0) is 0 Å². The van der Waals surface area contributed by atoms with E-state index in [0.717, 1.165) is 0 Å². The van der Waals surface area contributed by atoms with E-state index in [-0.39, 0.29) is 0 Å². The van der Waals surface area contributed by atoms with Crippen molar-refractivity contribution in [1.82, 2.24) is 0 Å². The third kappa shape index (κ3) is 1.57. The van der Waals surface area contributed by atoms with E-state index in [1.807, 2.05) is 12.1 Å². The fourth-order valence-corrected chi connectivity index (χ4v) is 1.51. The molecule has 1 aromatic carbocycles. The first-order valence-corrected chi connectivity index (χ1v) is 5.43.